The maximum Gasteiger partial charge on any atom is 0.0474 e. The molecule has 2 atom stereocenters. The highest BCUT2D eigenvalue weighted by molar-refractivity contribution is 6.31. The molecule has 0 bridgehead atoms. The monoisotopic (exact) mass is 294 g/mol. The molecule has 0 amide bonds. The van der Waals surface area contributed by atoms with Gasteiger partial charge in [0.1, 0.15) is 0 Å². The fraction of sp³-hybridized carbons (Fsp3) is 0.647. The summed E-state index contributed by atoms with van der Waals surface area (Å²) in [6.07, 6.45) is 5.29. The highest BCUT2D eigenvalue weighted by atomic mass is 35.5. The predicted molar refractivity (Wildman–Crippen MR) is 88.8 cm³/mol. The summed E-state index contributed by atoms with van der Waals surface area (Å²) in [5, 5.41) is 4.12. The van der Waals surface area contributed by atoms with Crippen molar-refractivity contribution >= 4 is 17.3 Å². The molecule has 3 heteroatoms. The van der Waals surface area contributed by atoms with Gasteiger partial charge in [-0.25, -0.2) is 0 Å². The number of nitrogens with one attached hydrogen (secondary N) is 1. The Bertz CT molecular complexity index is 433. The first-order valence-electron chi connectivity index (χ1n) is 7.87. The molecule has 1 saturated heterocycles. The summed E-state index contributed by atoms with van der Waals surface area (Å²) in [5.74, 6) is 0.902. The molecule has 1 N–H and O–H groups in total. The zero-order valence-corrected chi connectivity index (χ0v) is 13.7. The molecule has 1 aromatic rings. The Morgan fingerprint density at radius 3 is 2.80 bits per heavy atom. The summed E-state index contributed by atoms with van der Waals surface area (Å²) in [5.41, 5.74) is 2.46. The van der Waals surface area contributed by atoms with E-state index < -0.39 is 0 Å². The third-order valence-electron chi connectivity index (χ3n) is 4.67. The van der Waals surface area contributed by atoms with Crippen LogP contribution in [0.4, 0.5) is 5.69 Å². The molecule has 2 nitrogen and oxygen atoms in total. The number of hydrogen-bond acceptors (Lipinski definition) is 2. The van der Waals surface area contributed by atoms with Crippen molar-refractivity contribution in [1.82, 2.24) is 5.32 Å². The van der Waals surface area contributed by atoms with Gasteiger partial charge in [-0.2, -0.15) is 0 Å². The van der Waals surface area contributed by atoms with Gasteiger partial charge in [0, 0.05) is 29.8 Å². The van der Waals surface area contributed by atoms with Crippen molar-refractivity contribution in [1.29, 1.82) is 0 Å². The minimum absolute atomic E-state index is 0.296. The molecule has 1 aliphatic heterocycles. The van der Waals surface area contributed by atoms with Crippen LogP contribution in [0.2, 0.25) is 5.02 Å². The zero-order valence-electron chi connectivity index (χ0n) is 13.0. The van der Waals surface area contributed by atoms with E-state index in [0.717, 1.165) is 24.0 Å². The molecule has 2 unspecified atom stereocenters. The van der Waals surface area contributed by atoms with Crippen molar-refractivity contribution in [2.24, 2.45) is 5.92 Å². The van der Waals surface area contributed by atoms with Crippen LogP contribution in [0, 0.1) is 5.92 Å². The molecule has 1 fully saturated rings. The van der Waals surface area contributed by atoms with Crippen molar-refractivity contribution in [3.63, 3.8) is 0 Å². The molecular weight excluding hydrogens is 268 g/mol. The van der Waals surface area contributed by atoms with Gasteiger partial charge in [0.2, 0.25) is 0 Å². The van der Waals surface area contributed by atoms with E-state index >= 15 is 0 Å². The predicted octanol–water partition coefficient (Wildman–Crippen LogP) is 4.64. The van der Waals surface area contributed by atoms with E-state index in [2.05, 4.69) is 42.3 Å². The second kappa shape index (κ2) is 7.33. The van der Waals surface area contributed by atoms with E-state index in [1.54, 1.807) is 0 Å². The maximum absolute atomic E-state index is 6.45. The van der Waals surface area contributed by atoms with E-state index in [4.69, 9.17) is 11.6 Å². The van der Waals surface area contributed by atoms with Gasteiger partial charge in [0.15, 0.2) is 0 Å². The third kappa shape index (κ3) is 3.67. The second-order valence-electron chi connectivity index (χ2n) is 5.91. The number of nitrogens with zero attached hydrogens (tertiary/aromatic N) is 1. The van der Waals surface area contributed by atoms with Gasteiger partial charge in [-0.1, -0.05) is 31.0 Å². The average molecular weight is 295 g/mol. The fourth-order valence-electron chi connectivity index (χ4n) is 3.05. The van der Waals surface area contributed by atoms with Crippen molar-refractivity contribution in [3.05, 3.63) is 28.8 Å². The van der Waals surface area contributed by atoms with Crippen LogP contribution in [-0.4, -0.2) is 20.1 Å². The zero-order chi connectivity index (χ0) is 14.5. The molecule has 0 aliphatic carbocycles. The normalized spacial score (nSPS) is 21.6. The van der Waals surface area contributed by atoms with Crippen molar-refractivity contribution < 1.29 is 0 Å². The second-order valence-corrected chi connectivity index (χ2v) is 6.32. The largest absolute Gasteiger partial charge is 0.371 e. The Morgan fingerprint density at radius 2 is 2.15 bits per heavy atom. The molecular formula is C17H27ClN2. The molecule has 1 heterocycles. The molecule has 112 valence electrons. The minimum Gasteiger partial charge on any atom is -0.371 e. The molecule has 0 spiro atoms. The Balaban J connectivity index is 2.11. The Hall–Kier alpha value is -0.730. The molecule has 1 aliphatic rings. The first-order chi connectivity index (χ1) is 9.65. The SMILES string of the molecule is CCC1CCCN(c2ccc(C(C)NC)c(Cl)c2)CC1. The highest BCUT2D eigenvalue weighted by Crippen LogP contribution is 2.30. The van der Waals surface area contributed by atoms with Crippen molar-refractivity contribution in [2.75, 3.05) is 25.0 Å². The summed E-state index contributed by atoms with van der Waals surface area (Å²) >= 11 is 6.45. The molecule has 0 aromatic heterocycles. The number of halogens is 1. The van der Waals surface area contributed by atoms with Crippen LogP contribution < -0.4 is 10.2 Å². The van der Waals surface area contributed by atoms with E-state index in [1.807, 2.05) is 7.05 Å². The summed E-state index contributed by atoms with van der Waals surface area (Å²) in [6, 6.07) is 6.82. The lowest BCUT2D eigenvalue weighted by molar-refractivity contribution is 0.459. The van der Waals surface area contributed by atoms with E-state index in [-0.39, 0.29) is 0 Å². The minimum atomic E-state index is 0.296. The topological polar surface area (TPSA) is 15.3 Å². The fourth-order valence-corrected chi connectivity index (χ4v) is 3.39. The smallest absolute Gasteiger partial charge is 0.0474 e. The van der Waals surface area contributed by atoms with Crippen LogP contribution in [0.3, 0.4) is 0 Å². The first kappa shape index (κ1) is 15.7. The van der Waals surface area contributed by atoms with Crippen LogP contribution in [0.1, 0.15) is 51.1 Å². The Morgan fingerprint density at radius 1 is 1.35 bits per heavy atom. The van der Waals surface area contributed by atoms with Crippen LogP contribution in [0.25, 0.3) is 0 Å². The number of rotatable bonds is 4. The van der Waals surface area contributed by atoms with Gasteiger partial charge in [-0.3, -0.25) is 0 Å². The van der Waals surface area contributed by atoms with E-state index in [0.29, 0.717) is 6.04 Å². The lowest BCUT2D eigenvalue weighted by atomic mass is 9.98. The molecule has 1 aromatic carbocycles. The highest BCUT2D eigenvalue weighted by Gasteiger charge is 2.17. The lowest BCUT2D eigenvalue weighted by Gasteiger charge is -2.24. The van der Waals surface area contributed by atoms with Gasteiger partial charge in [0.05, 0.1) is 0 Å². The van der Waals surface area contributed by atoms with Gasteiger partial charge in [0.25, 0.3) is 0 Å². The lowest BCUT2D eigenvalue weighted by Crippen LogP contribution is -2.24. The Labute approximate surface area is 128 Å². The standard InChI is InChI=1S/C17H27ClN2/c1-4-14-6-5-10-20(11-9-14)15-7-8-16(13(2)19-3)17(18)12-15/h7-8,12-14,19H,4-6,9-11H2,1-3H3. The summed E-state index contributed by atoms with van der Waals surface area (Å²) in [4.78, 5) is 2.50. The van der Waals surface area contributed by atoms with Crippen LogP contribution in [-0.2, 0) is 0 Å². The van der Waals surface area contributed by atoms with Crippen LogP contribution >= 0.6 is 11.6 Å². The molecule has 20 heavy (non-hydrogen) atoms. The number of hydrogen-bond donors (Lipinski definition) is 1. The summed E-state index contributed by atoms with van der Waals surface area (Å²) < 4.78 is 0. The first-order valence-corrected chi connectivity index (χ1v) is 8.25. The summed E-state index contributed by atoms with van der Waals surface area (Å²) in [7, 11) is 1.97. The number of anilines is 1. The molecule has 0 saturated carbocycles. The van der Waals surface area contributed by atoms with Gasteiger partial charge < -0.3 is 10.2 Å². The van der Waals surface area contributed by atoms with Gasteiger partial charge in [-0.15, -0.1) is 0 Å². The van der Waals surface area contributed by atoms with E-state index in [1.165, 1.54) is 36.9 Å². The third-order valence-corrected chi connectivity index (χ3v) is 5.00. The maximum atomic E-state index is 6.45. The summed E-state index contributed by atoms with van der Waals surface area (Å²) in [6.45, 7) is 6.77. The average Bonchev–Trinajstić information content (AvgIpc) is 2.71. The Kier molecular flexibility index (Phi) is 5.74. The van der Waals surface area contributed by atoms with E-state index in [9.17, 15) is 0 Å². The van der Waals surface area contributed by atoms with Crippen molar-refractivity contribution in [3.8, 4) is 0 Å². The molecule has 0 radical (unpaired) electrons. The van der Waals surface area contributed by atoms with Gasteiger partial charge in [-0.05, 0) is 56.8 Å². The van der Waals surface area contributed by atoms with Crippen LogP contribution in [0.5, 0.6) is 0 Å². The molecule has 2 rings (SSSR count). The number of benzene rings is 1. The van der Waals surface area contributed by atoms with Crippen LogP contribution in [0.15, 0.2) is 18.2 Å². The quantitative estimate of drug-likeness (QED) is 0.870. The van der Waals surface area contributed by atoms with Gasteiger partial charge >= 0.3 is 0 Å². The van der Waals surface area contributed by atoms with Crippen molar-refractivity contribution in [2.45, 2.75) is 45.6 Å².